The third-order valence-electron chi connectivity index (χ3n) is 3.45. The van der Waals surface area contributed by atoms with E-state index in [-0.39, 0.29) is 17.5 Å². The zero-order valence-electron chi connectivity index (χ0n) is 11.7. The van der Waals surface area contributed by atoms with Gasteiger partial charge in [0.05, 0.1) is 0 Å². The van der Waals surface area contributed by atoms with Crippen LogP contribution >= 0.6 is 0 Å². The Morgan fingerprint density at radius 1 is 1.39 bits per heavy atom. The molecule has 1 fully saturated rings. The Morgan fingerprint density at radius 2 is 2.00 bits per heavy atom. The minimum absolute atomic E-state index is 0.176. The molecule has 0 bridgehead atoms. The Kier molecular flexibility index (Phi) is 4.59. The number of nitrogens with one attached hydrogen (secondary N) is 1. The van der Waals surface area contributed by atoms with Gasteiger partial charge in [0.1, 0.15) is 6.04 Å². The van der Waals surface area contributed by atoms with E-state index in [0.29, 0.717) is 13.0 Å². The standard InChI is InChI=1S/C13H24N2O3/c1-9(2)8-10(11(16)17)14-12(18)15-7-5-6-13(15,3)4/h9-10H,5-8H2,1-4H3,(H,14,18)(H,16,17)/t10-/m0/s1. The van der Waals surface area contributed by atoms with E-state index >= 15 is 0 Å². The SMILES string of the molecule is CC(C)C[C@H](NC(=O)N1CCCC1(C)C)C(=O)O. The third-order valence-corrected chi connectivity index (χ3v) is 3.45. The number of hydrogen-bond donors (Lipinski definition) is 2. The molecule has 1 saturated heterocycles. The summed E-state index contributed by atoms with van der Waals surface area (Å²) in [6.07, 6.45) is 2.39. The van der Waals surface area contributed by atoms with Gasteiger partial charge in [-0.3, -0.25) is 0 Å². The lowest BCUT2D eigenvalue weighted by Crippen LogP contribution is -2.52. The Balaban J connectivity index is 2.64. The molecule has 1 atom stereocenters. The van der Waals surface area contributed by atoms with Gasteiger partial charge >= 0.3 is 12.0 Å². The fourth-order valence-electron chi connectivity index (χ4n) is 2.40. The minimum atomic E-state index is -0.964. The van der Waals surface area contributed by atoms with Gasteiger partial charge in [0.15, 0.2) is 0 Å². The number of rotatable bonds is 4. The maximum Gasteiger partial charge on any atom is 0.326 e. The molecule has 0 aliphatic carbocycles. The highest BCUT2D eigenvalue weighted by Crippen LogP contribution is 2.28. The van der Waals surface area contributed by atoms with Crippen molar-refractivity contribution in [3.05, 3.63) is 0 Å². The fraction of sp³-hybridized carbons (Fsp3) is 0.846. The maximum absolute atomic E-state index is 12.1. The van der Waals surface area contributed by atoms with Crippen molar-refractivity contribution in [2.24, 2.45) is 5.92 Å². The second kappa shape index (κ2) is 5.59. The van der Waals surface area contributed by atoms with E-state index in [0.717, 1.165) is 12.8 Å². The van der Waals surface area contributed by atoms with Crippen molar-refractivity contribution in [1.82, 2.24) is 10.2 Å². The molecule has 0 aromatic rings. The normalized spacial score (nSPS) is 19.9. The molecule has 5 heteroatoms. The number of likely N-dealkylation sites (tertiary alicyclic amines) is 1. The second-order valence-corrected chi connectivity index (χ2v) is 6.04. The van der Waals surface area contributed by atoms with Crippen LogP contribution in [0, 0.1) is 5.92 Å². The molecule has 1 heterocycles. The van der Waals surface area contributed by atoms with Crippen LogP contribution in [0.25, 0.3) is 0 Å². The Hall–Kier alpha value is -1.26. The highest BCUT2D eigenvalue weighted by Gasteiger charge is 2.36. The molecule has 0 aromatic heterocycles. The van der Waals surface area contributed by atoms with Crippen molar-refractivity contribution < 1.29 is 14.7 Å². The molecule has 0 radical (unpaired) electrons. The van der Waals surface area contributed by atoms with Crippen molar-refractivity contribution in [2.45, 2.75) is 58.5 Å². The van der Waals surface area contributed by atoms with Gasteiger partial charge in [-0.1, -0.05) is 13.8 Å². The number of nitrogens with zero attached hydrogens (tertiary/aromatic N) is 1. The first-order valence-electron chi connectivity index (χ1n) is 6.55. The van der Waals surface area contributed by atoms with Crippen molar-refractivity contribution in [3.8, 4) is 0 Å². The van der Waals surface area contributed by atoms with Crippen LogP contribution in [0.3, 0.4) is 0 Å². The van der Waals surface area contributed by atoms with E-state index in [1.165, 1.54) is 0 Å². The third kappa shape index (κ3) is 3.62. The van der Waals surface area contributed by atoms with Crippen molar-refractivity contribution in [2.75, 3.05) is 6.54 Å². The number of carbonyl (C=O) groups excluding carboxylic acids is 1. The molecule has 104 valence electrons. The van der Waals surface area contributed by atoms with E-state index in [1.807, 2.05) is 27.7 Å². The molecule has 0 unspecified atom stereocenters. The summed E-state index contributed by atoms with van der Waals surface area (Å²) >= 11 is 0. The molecule has 1 aliphatic rings. The topological polar surface area (TPSA) is 69.6 Å². The van der Waals surface area contributed by atoms with Gasteiger partial charge < -0.3 is 15.3 Å². The fourth-order valence-corrected chi connectivity index (χ4v) is 2.40. The van der Waals surface area contributed by atoms with Gasteiger partial charge in [0.2, 0.25) is 0 Å². The zero-order valence-corrected chi connectivity index (χ0v) is 11.7. The van der Waals surface area contributed by atoms with Crippen LogP contribution in [0.1, 0.15) is 47.0 Å². The molecule has 2 N–H and O–H groups in total. The Bertz CT molecular complexity index is 326. The van der Waals surface area contributed by atoms with Crippen molar-refractivity contribution >= 4 is 12.0 Å². The first-order valence-corrected chi connectivity index (χ1v) is 6.55. The number of urea groups is 1. The molecular weight excluding hydrogens is 232 g/mol. The first-order chi connectivity index (χ1) is 8.24. The van der Waals surface area contributed by atoms with Crippen LogP contribution in [0.2, 0.25) is 0 Å². The Morgan fingerprint density at radius 3 is 2.39 bits per heavy atom. The van der Waals surface area contributed by atoms with E-state index < -0.39 is 12.0 Å². The molecule has 0 saturated carbocycles. The van der Waals surface area contributed by atoms with Gasteiger partial charge in [-0.25, -0.2) is 9.59 Å². The smallest absolute Gasteiger partial charge is 0.326 e. The highest BCUT2D eigenvalue weighted by molar-refractivity contribution is 5.83. The van der Waals surface area contributed by atoms with Gasteiger partial charge in [-0.05, 0) is 39.0 Å². The van der Waals surface area contributed by atoms with Gasteiger partial charge in [0, 0.05) is 12.1 Å². The number of amides is 2. The van der Waals surface area contributed by atoms with Gasteiger partial charge in [-0.15, -0.1) is 0 Å². The average Bonchev–Trinajstić information content (AvgIpc) is 2.56. The van der Waals surface area contributed by atoms with Gasteiger partial charge in [0.25, 0.3) is 0 Å². The quantitative estimate of drug-likeness (QED) is 0.809. The van der Waals surface area contributed by atoms with E-state index in [4.69, 9.17) is 5.11 Å². The summed E-state index contributed by atoms with van der Waals surface area (Å²) in [6.45, 7) is 8.62. The minimum Gasteiger partial charge on any atom is -0.480 e. The largest absolute Gasteiger partial charge is 0.480 e. The second-order valence-electron chi connectivity index (χ2n) is 6.04. The van der Waals surface area contributed by atoms with Crippen LogP contribution in [0.5, 0.6) is 0 Å². The lowest BCUT2D eigenvalue weighted by Gasteiger charge is -2.32. The molecule has 1 rings (SSSR count). The summed E-state index contributed by atoms with van der Waals surface area (Å²) in [5, 5.41) is 11.7. The van der Waals surface area contributed by atoms with Crippen LogP contribution < -0.4 is 5.32 Å². The summed E-state index contributed by atoms with van der Waals surface area (Å²) in [7, 11) is 0. The van der Waals surface area contributed by atoms with E-state index in [1.54, 1.807) is 4.90 Å². The molecule has 0 aromatic carbocycles. The molecule has 0 spiro atoms. The molecular formula is C13H24N2O3. The summed E-state index contributed by atoms with van der Waals surface area (Å²) in [4.78, 5) is 25.0. The lowest BCUT2D eigenvalue weighted by molar-refractivity contribution is -0.139. The number of aliphatic carboxylic acids is 1. The molecule has 5 nitrogen and oxygen atoms in total. The molecule has 2 amide bonds. The van der Waals surface area contributed by atoms with Crippen LogP contribution in [-0.4, -0.2) is 40.1 Å². The summed E-state index contributed by atoms with van der Waals surface area (Å²) in [5.41, 5.74) is -0.176. The summed E-state index contributed by atoms with van der Waals surface area (Å²) in [5.74, 6) is -0.730. The lowest BCUT2D eigenvalue weighted by atomic mass is 10.0. The first kappa shape index (κ1) is 14.8. The zero-order chi connectivity index (χ0) is 13.9. The number of carbonyl (C=O) groups is 2. The average molecular weight is 256 g/mol. The van der Waals surface area contributed by atoms with Crippen molar-refractivity contribution in [1.29, 1.82) is 0 Å². The van der Waals surface area contributed by atoms with Crippen LogP contribution in [-0.2, 0) is 4.79 Å². The summed E-state index contributed by atoms with van der Waals surface area (Å²) in [6, 6.07) is -1.06. The van der Waals surface area contributed by atoms with Crippen molar-refractivity contribution in [3.63, 3.8) is 0 Å². The van der Waals surface area contributed by atoms with E-state index in [9.17, 15) is 9.59 Å². The van der Waals surface area contributed by atoms with Crippen LogP contribution in [0.4, 0.5) is 4.79 Å². The monoisotopic (exact) mass is 256 g/mol. The maximum atomic E-state index is 12.1. The number of hydrogen-bond acceptors (Lipinski definition) is 2. The predicted molar refractivity (Wildman–Crippen MR) is 69.4 cm³/mol. The Labute approximate surface area is 109 Å². The van der Waals surface area contributed by atoms with E-state index in [2.05, 4.69) is 5.32 Å². The molecule has 18 heavy (non-hydrogen) atoms. The number of carboxylic acids is 1. The van der Waals surface area contributed by atoms with Crippen LogP contribution in [0.15, 0.2) is 0 Å². The predicted octanol–water partition coefficient (Wildman–Crippen LogP) is 2.07. The highest BCUT2D eigenvalue weighted by atomic mass is 16.4. The summed E-state index contributed by atoms with van der Waals surface area (Å²) < 4.78 is 0. The number of carboxylic acid groups (broad SMARTS) is 1. The van der Waals surface area contributed by atoms with Gasteiger partial charge in [-0.2, -0.15) is 0 Å². The molecule has 1 aliphatic heterocycles.